The minimum absolute atomic E-state index is 0.0284. The molecule has 2 aromatic rings. The molecule has 1 saturated heterocycles. The summed E-state index contributed by atoms with van der Waals surface area (Å²) in [7, 11) is 2.94. The Balaban J connectivity index is 1.95. The zero-order chi connectivity index (χ0) is 17.3. The highest BCUT2D eigenvalue weighted by Gasteiger charge is 2.27. The van der Waals surface area contributed by atoms with Crippen molar-refractivity contribution in [1.29, 1.82) is 5.26 Å². The van der Waals surface area contributed by atoms with Crippen molar-refractivity contribution < 1.29 is 4.74 Å². The van der Waals surface area contributed by atoms with Gasteiger partial charge in [0, 0.05) is 39.6 Å². The van der Waals surface area contributed by atoms with E-state index in [1.807, 2.05) is 23.2 Å². The molecule has 3 rings (SSSR count). The highest BCUT2D eigenvalue weighted by atomic mass is 16.5. The number of anilines is 1. The van der Waals surface area contributed by atoms with Crippen molar-refractivity contribution in [2.24, 2.45) is 14.1 Å². The van der Waals surface area contributed by atoms with Crippen molar-refractivity contribution in [1.82, 2.24) is 18.9 Å². The summed E-state index contributed by atoms with van der Waals surface area (Å²) in [6, 6.07) is 3.77. The molecule has 1 aliphatic rings. The summed E-state index contributed by atoms with van der Waals surface area (Å²) < 4.78 is 9.80. The third-order valence-corrected chi connectivity index (χ3v) is 4.13. The summed E-state index contributed by atoms with van der Waals surface area (Å²) in [5, 5.41) is 13.5. The van der Waals surface area contributed by atoms with Gasteiger partial charge in [-0.2, -0.15) is 10.4 Å². The molecule has 24 heavy (non-hydrogen) atoms. The van der Waals surface area contributed by atoms with Gasteiger partial charge in [0.2, 0.25) is 0 Å². The Kier molecular flexibility index (Phi) is 4.22. The van der Waals surface area contributed by atoms with Crippen LogP contribution in [0.15, 0.2) is 28.0 Å². The third-order valence-electron chi connectivity index (χ3n) is 4.13. The van der Waals surface area contributed by atoms with Crippen molar-refractivity contribution in [3.63, 3.8) is 0 Å². The first kappa shape index (κ1) is 16.0. The molecule has 9 nitrogen and oxygen atoms in total. The van der Waals surface area contributed by atoms with E-state index in [1.54, 1.807) is 17.9 Å². The summed E-state index contributed by atoms with van der Waals surface area (Å²) in [5.74, 6) is 0.347. The molecule has 0 bridgehead atoms. The van der Waals surface area contributed by atoms with Gasteiger partial charge in [0.1, 0.15) is 11.9 Å². The van der Waals surface area contributed by atoms with Gasteiger partial charge in [0.05, 0.1) is 19.3 Å². The highest BCUT2D eigenvalue weighted by Crippen LogP contribution is 2.18. The van der Waals surface area contributed by atoms with Gasteiger partial charge in [0.15, 0.2) is 5.56 Å². The lowest BCUT2D eigenvalue weighted by atomic mass is 10.2. The lowest BCUT2D eigenvalue weighted by Crippen LogP contribution is -2.49. The van der Waals surface area contributed by atoms with Crippen molar-refractivity contribution in [3.05, 3.63) is 44.9 Å². The lowest BCUT2D eigenvalue weighted by molar-refractivity contribution is 0.0269. The van der Waals surface area contributed by atoms with Crippen LogP contribution in [-0.4, -0.2) is 44.7 Å². The van der Waals surface area contributed by atoms with Gasteiger partial charge in [-0.05, 0) is 6.07 Å². The summed E-state index contributed by atoms with van der Waals surface area (Å²) in [5.41, 5.74) is -1.06. The SMILES string of the molecule is Cn1c(N2CCO[C@H](Cn3cccn3)C2)c(C#N)c(=O)n(C)c1=O. The van der Waals surface area contributed by atoms with Gasteiger partial charge in [0.25, 0.3) is 5.56 Å². The number of nitrogens with zero attached hydrogens (tertiary/aromatic N) is 6. The topological polar surface area (TPSA) is 98.1 Å². The minimum atomic E-state index is -0.578. The molecular weight excluding hydrogens is 312 g/mol. The van der Waals surface area contributed by atoms with Crippen LogP contribution < -0.4 is 16.1 Å². The van der Waals surface area contributed by atoms with Gasteiger partial charge < -0.3 is 9.64 Å². The van der Waals surface area contributed by atoms with E-state index in [0.29, 0.717) is 32.1 Å². The molecule has 0 radical (unpaired) electrons. The van der Waals surface area contributed by atoms with Gasteiger partial charge in [-0.15, -0.1) is 0 Å². The fourth-order valence-corrected chi connectivity index (χ4v) is 2.94. The van der Waals surface area contributed by atoms with Gasteiger partial charge in [-0.3, -0.25) is 18.6 Å². The average Bonchev–Trinajstić information content (AvgIpc) is 3.09. The quantitative estimate of drug-likeness (QED) is 0.720. The number of rotatable bonds is 3. The Morgan fingerprint density at radius 2 is 2.17 bits per heavy atom. The summed E-state index contributed by atoms with van der Waals surface area (Å²) in [4.78, 5) is 26.3. The fraction of sp³-hybridized carbons (Fsp3) is 0.467. The predicted octanol–water partition coefficient (Wildman–Crippen LogP) is -0.942. The molecule has 1 fully saturated rings. The maximum absolute atomic E-state index is 12.2. The first-order valence-corrected chi connectivity index (χ1v) is 7.57. The van der Waals surface area contributed by atoms with E-state index in [1.165, 1.54) is 11.6 Å². The number of ether oxygens (including phenoxy) is 1. The van der Waals surface area contributed by atoms with Crippen LogP contribution >= 0.6 is 0 Å². The second-order valence-corrected chi connectivity index (χ2v) is 5.68. The molecule has 0 aromatic carbocycles. The largest absolute Gasteiger partial charge is 0.373 e. The van der Waals surface area contributed by atoms with E-state index in [0.717, 1.165) is 4.57 Å². The summed E-state index contributed by atoms with van der Waals surface area (Å²) >= 11 is 0. The number of aromatic nitrogens is 4. The van der Waals surface area contributed by atoms with Crippen molar-refractivity contribution in [3.8, 4) is 6.07 Å². The van der Waals surface area contributed by atoms with Crippen molar-refractivity contribution >= 4 is 5.82 Å². The average molecular weight is 330 g/mol. The number of hydrogen-bond donors (Lipinski definition) is 0. The molecule has 0 amide bonds. The molecule has 0 aliphatic carbocycles. The molecule has 126 valence electrons. The molecule has 0 N–H and O–H groups in total. The van der Waals surface area contributed by atoms with Crippen molar-refractivity contribution in [2.75, 3.05) is 24.6 Å². The molecule has 1 atom stereocenters. The first-order valence-electron chi connectivity index (χ1n) is 7.57. The molecule has 0 saturated carbocycles. The maximum atomic E-state index is 12.2. The zero-order valence-corrected chi connectivity index (χ0v) is 13.5. The normalized spacial score (nSPS) is 17.7. The van der Waals surface area contributed by atoms with Crippen LogP contribution in [0.4, 0.5) is 5.82 Å². The van der Waals surface area contributed by atoms with Crippen LogP contribution in [0.1, 0.15) is 5.56 Å². The second-order valence-electron chi connectivity index (χ2n) is 5.68. The number of nitriles is 1. The van der Waals surface area contributed by atoms with E-state index in [-0.39, 0.29) is 11.7 Å². The zero-order valence-electron chi connectivity index (χ0n) is 13.5. The lowest BCUT2D eigenvalue weighted by Gasteiger charge is -2.35. The Morgan fingerprint density at radius 1 is 1.38 bits per heavy atom. The Morgan fingerprint density at radius 3 is 2.83 bits per heavy atom. The standard InChI is InChI=1S/C15H18N6O3/c1-18-13(12(8-16)14(22)19(2)15(18)23)20-6-7-24-11(9-20)10-21-5-3-4-17-21/h3-5,11H,6-7,9-10H2,1-2H3/t11-/m0/s1. The van der Waals surface area contributed by atoms with Crippen LogP contribution in [0.2, 0.25) is 0 Å². The van der Waals surface area contributed by atoms with Gasteiger partial charge >= 0.3 is 5.69 Å². The Hall–Kier alpha value is -2.86. The smallest absolute Gasteiger partial charge is 0.332 e. The number of morpholine rings is 1. The van der Waals surface area contributed by atoms with Crippen LogP contribution in [0.3, 0.4) is 0 Å². The van der Waals surface area contributed by atoms with Crippen LogP contribution in [0, 0.1) is 11.3 Å². The molecule has 2 aromatic heterocycles. The number of hydrogen-bond acceptors (Lipinski definition) is 6. The van der Waals surface area contributed by atoms with Crippen LogP contribution in [0.5, 0.6) is 0 Å². The van der Waals surface area contributed by atoms with Crippen LogP contribution in [0.25, 0.3) is 0 Å². The summed E-state index contributed by atoms with van der Waals surface area (Å²) in [6.07, 6.45) is 3.39. The fourth-order valence-electron chi connectivity index (χ4n) is 2.94. The molecule has 0 unspecified atom stereocenters. The minimum Gasteiger partial charge on any atom is -0.373 e. The van der Waals surface area contributed by atoms with Gasteiger partial charge in [-0.25, -0.2) is 4.79 Å². The summed E-state index contributed by atoms with van der Waals surface area (Å²) in [6.45, 7) is 1.98. The van der Waals surface area contributed by atoms with Crippen molar-refractivity contribution in [2.45, 2.75) is 12.6 Å². The Labute approximate surface area is 137 Å². The molecule has 0 spiro atoms. The third kappa shape index (κ3) is 2.72. The van der Waals surface area contributed by atoms with E-state index in [2.05, 4.69) is 5.10 Å². The highest BCUT2D eigenvalue weighted by molar-refractivity contribution is 5.53. The molecule has 1 aliphatic heterocycles. The van der Waals surface area contributed by atoms with Gasteiger partial charge in [-0.1, -0.05) is 0 Å². The first-order chi connectivity index (χ1) is 11.5. The monoisotopic (exact) mass is 330 g/mol. The predicted molar refractivity (Wildman–Crippen MR) is 85.8 cm³/mol. The van der Waals surface area contributed by atoms with E-state index < -0.39 is 11.2 Å². The molecular formula is C15H18N6O3. The Bertz CT molecular complexity index is 890. The van der Waals surface area contributed by atoms with E-state index in [4.69, 9.17) is 4.74 Å². The molecule has 3 heterocycles. The second kappa shape index (κ2) is 6.33. The van der Waals surface area contributed by atoms with E-state index in [9.17, 15) is 14.9 Å². The van der Waals surface area contributed by atoms with Crippen LogP contribution in [-0.2, 0) is 25.4 Å². The van der Waals surface area contributed by atoms with E-state index >= 15 is 0 Å². The molecule has 9 heteroatoms. The maximum Gasteiger partial charge on any atom is 0.332 e.